The molecule has 0 unspecified atom stereocenters. The van der Waals surface area contributed by atoms with Gasteiger partial charge in [0, 0.05) is 17.7 Å². The number of rotatable bonds is 3. The maximum atomic E-state index is 11.2. The van der Waals surface area contributed by atoms with E-state index in [9.17, 15) is 14.9 Å². The van der Waals surface area contributed by atoms with E-state index < -0.39 is 10.7 Å². The summed E-state index contributed by atoms with van der Waals surface area (Å²) < 4.78 is 0. The second-order valence-electron chi connectivity index (χ2n) is 2.50. The van der Waals surface area contributed by atoms with Crippen LogP contribution in [0, 0.1) is 10.1 Å². The fourth-order valence-electron chi connectivity index (χ4n) is 0.877. The molecule has 1 rings (SSSR count). The second-order valence-corrected chi connectivity index (χ2v) is 2.94. The molecule has 72 valence electrons. The van der Waals surface area contributed by atoms with Crippen LogP contribution in [-0.2, 0) is 0 Å². The van der Waals surface area contributed by atoms with Crippen molar-refractivity contribution in [1.82, 2.24) is 0 Å². The summed E-state index contributed by atoms with van der Waals surface area (Å²) in [4.78, 5) is 20.7. The van der Waals surface area contributed by atoms with E-state index in [-0.39, 0.29) is 16.2 Å². The maximum Gasteiger partial charge on any atom is 0.269 e. The first-order valence-corrected chi connectivity index (χ1v) is 4.02. The molecule has 0 amide bonds. The molecule has 0 radical (unpaired) electrons. The lowest BCUT2D eigenvalue weighted by Crippen LogP contribution is -2.20. The van der Waals surface area contributed by atoms with Crippen LogP contribution in [0.2, 0.25) is 0 Å². The van der Waals surface area contributed by atoms with Gasteiger partial charge in [0.25, 0.3) is 5.69 Å². The predicted molar refractivity (Wildman–Crippen MR) is 54.2 cm³/mol. The Bertz CT molecular complexity index is 400. The van der Waals surface area contributed by atoms with Gasteiger partial charge in [0.15, 0.2) is 0 Å². The number of thiocarbonyl (C=S) groups is 1. The van der Waals surface area contributed by atoms with Gasteiger partial charge in [0.1, 0.15) is 4.99 Å². The smallest absolute Gasteiger partial charge is 0.269 e. The van der Waals surface area contributed by atoms with Crippen LogP contribution in [0.4, 0.5) is 5.69 Å². The largest absolute Gasteiger partial charge is 0.387 e. The summed E-state index contributed by atoms with van der Waals surface area (Å²) in [6.45, 7) is 0. The van der Waals surface area contributed by atoms with Crippen LogP contribution in [-0.4, -0.2) is 15.7 Å². The molecule has 0 aromatic heterocycles. The molecule has 0 fully saturated rings. The summed E-state index contributed by atoms with van der Waals surface area (Å²) >= 11 is 4.48. The molecular formula is C8H6N2O3S. The van der Waals surface area contributed by atoms with E-state index in [2.05, 4.69) is 12.2 Å². The normalized spacial score (nSPS) is 9.43. The quantitative estimate of drug-likeness (QED) is 0.349. The highest BCUT2D eigenvalue weighted by atomic mass is 32.1. The third-order valence-electron chi connectivity index (χ3n) is 1.56. The molecule has 2 N–H and O–H groups in total. The first-order chi connectivity index (χ1) is 6.52. The van der Waals surface area contributed by atoms with E-state index in [0.29, 0.717) is 0 Å². The minimum absolute atomic E-state index is 0.0792. The van der Waals surface area contributed by atoms with E-state index in [1.807, 2.05) is 0 Å². The lowest BCUT2D eigenvalue weighted by atomic mass is 10.1. The fraction of sp³-hybridized carbons (Fsp3) is 0. The number of hydrogen-bond donors (Lipinski definition) is 1. The zero-order valence-electron chi connectivity index (χ0n) is 6.97. The Kier molecular flexibility index (Phi) is 2.88. The van der Waals surface area contributed by atoms with E-state index >= 15 is 0 Å². The summed E-state index contributed by atoms with van der Waals surface area (Å²) in [5.74, 6) is -0.491. The number of nitrogens with two attached hydrogens (primary N) is 1. The summed E-state index contributed by atoms with van der Waals surface area (Å²) in [7, 11) is 0. The van der Waals surface area contributed by atoms with Crippen molar-refractivity contribution in [3.05, 3.63) is 39.9 Å². The molecule has 0 heterocycles. The summed E-state index contributed by atoms with van der Waals surface area (Å²) in [5, 5.41) is 10.3. The number of hydrogen-bond acceptors (Lipinski definition) is 4. The Morgan fingerprint density at radius 3 is 2.21 bits per heavy atom. The van der Waals surface area contributed by atoms with Gasteiger partial charge in [-0.15, -0.1) is 0 Å². The molecule has 5 nitrogen and oxygen atoms in total. The minimum atomic E-state index is -0.547. The number of carbonyl (C=O) groups excluding carboxylic acids is 1. The molecule has 0 spiro atoms. The Hall–Kier alpha value is -1.82. The first kappa shape index (κ1) is 10.3. The van der Waals surface area contributed by atoms with E-state index in [0.717, 1.165) is 0 Å². The summed E-state index contributed by atoms with van der Waals surface area (Å²) in [5.41, 5.74) is 5.29. The van der Waals surface area contributed by atoms with Crippen molar-refractivity contribution in [3.63, 3.8) is 0 Å². The van der Waals surface area contributed by atoms with Crippen molar-refractivity contribution in [3.8, 4) is 0 Å². The van der Waals surface area contributed by atoms with Crippen molar-refractivity contribution in [1.29, 1.82) is 0 Å². The van der Waals surface area contributed by atoms with Gasteiger partial charge < -0.3 is 5.73 Å². The van der Waals surface area contributed by atoms with Gasteiger partial charge in [0.2, 0.25) is 5.78 Å². The summed E-state index contributed by atoms with van der Waals surface area (Å²) in [6, 6.07) is 5.09. The molecule has 6 heteroatoms. The van der Waals surface area contributed by atoms with Gasteiger partial charge >= 0.3 is 0 Å². The van der Waals surface area contributed by atoms with Crippen molar-refractivity contribution in [2.75, 3.05) is 0 Å². The van der Waals surface area contributed by atoms with Crippen LogP contribution >= 0.6 is 12.2 Å². The molecule has 0 aliphatic rings. The number of non-ortho nitro benzene ring substituents is 1. The third kappa shape index (κ3) is 2.11. The van der Waals surface area contributed by atoms with E-state index in [4.69, 9.17) is 5.73 Å². The third-order valence-corrected chi connectivity index (χ3v) is 1.75. The monoisotopic (exact) mass is 210 g/mol. The van der Waals surface area contributed by atoms with Gasteiger partial charge in [-0.25, -0.2) is 0 Å². The molecule has 1 aromatic rings. The van der Waals surface area contributed by atoms with Gasteiger partial charge in [0.05, 0.1) is 4.92 Å². The van der Waals surface area contributed by atoms with Crippen LogP contribution in [0.15, 0.2) is 24.3 Å². The Morgan fingerprint density at radius 1 is 1.36 bits per heavy atom. The average molecular weight is 210 g/mol. The molecule has 1 aromatic carbocycles. The number of nitrogens with zero attached hydrogens (tertiary/aromatic N) is 1. The van der Waals surface area contributed by atoms with Crippen molar-refractivity contribution < 1.29 is 9.72 Å². The molecular weight excluding hydrogens is 204 g/mol. The van der Waals surface area contributed by atoms with Gasteiger partial charge in [-0.2, -0.15) is 0 Å². The molecule has 14 heavy (non-hydrogen) atoms. The zero-order chi connectivity index (χ0) is 10.7. The highest BCUT2D eigenvalue weighted by Crippen LogP contribution is 2.12. The second kappa shape index (κ2) is 3.93. The maximum absolute atomic E-state index is 11.2. The zero-order valence-corrected chi connectivity index (χ0v) is 7.78. The first-order valence-electron chi connectivity index (χ1n) is 3.61. The van der Waals surface area contributed by atoms with Crippen LogP contribution in [0.3, 0.4) is 0 Å². The number of ketones is 1. The average Bonchev–Trinajstić information content (AvgIpc) is 2.16. The Labute approximate surface area is 84.7 Å². The standard InChI is InChI=1S/C8H6N2O3S/c9-8(14)7(11)5-1-3-6(4-2-5)10(12)13/h1-4H,(H2,9,14). The number of benzene rings is 1. The lowest BCUT2D eigenvalue weighted by Gasteiger charge is -1.97. The molecule has 0 bridgehead atoms. The lowest BCUT2D eigenvalue weighted by molar-refractivity contribution is -0.384. The molecule has 0 aliphatic heterocycles. The number of Topliss-reactive ketones (excluding diaryl/α,β-unsaturated/α-hetero) is 1. The number of nitro benzene ring substituents is 1. The van der Waals surface area contributed by atoms with Crippen LogP contribution in [0.1, 0.15) is 10.4 Å². The van der Waals surface area contributed by atoms with Crippen molar-refractivity contribution in [2.45, 2.75) is 0 Å². The topological polar surface area (TPSA) is 86.2 Å². The highest BCUT2D eigenvalue weighted by molar-refractivity contribution is 7.82. The molecule has 0 aliphatic carbocycles. The SMILES string of the molecule is NC(=S)C(=O)c1ccc([N+](=O)[O-])cc1. The van der Waals surface area contributed by atoms with Crippen LogP contribution in [0.25, 0.3) is 0 Å². The molecule has 0 saturated carbocycles. The van der Waals surface area contributed by atoms with Gasteiger partial charge in [-0.3, -0.25) is 14.9 Å². The Morgan fingerprint density at radius 2 is 1.86 bits per heavy atom. The van der Waals surface area contributed by atoms with Crippen molar-refractivity contribution in [2.24, 2.45) is 5.73 Å². The fourth-order valence-corrected chi connectivity index (χ4v) is 0.995. The van der Waals surface area contributed by atoms with E-state index in [1.54, 1.807) is 0 Å². The predicted octanol–water partition coefficient (Wildman–Crippen LogP) is 1.06. The van der Waals surface area contributed by atoms with Crippen LogP contribution < -0.4 is 5.73 Å². The van der Waals surface area contributed by atoms with Crippen LogP contribution in [0.5, 0.6) is 0 Å². The Balaban J connectivity index is 3.00. The van der Waals surface area contributed by atoms with E-state index in [1.165, 1.54) is 24.3 Å². The van der Waals surface area contributed by atoms with Gasteiger partial charge in [-0.1, -0.05) is 12.2 Å². The summed E-state index contributed by atoms with van der Waals surface area (Å²) in [6.07, 6.45) is 0. The minimum Gasteiger partial charge on any atom is -0.387 e. The van der Waals surface area contributed by atoms with Gasteiger partial charge in [-0.05, 0) is 12.1 Å². The molecule has 0 saturated heterocycles. The van der Waals surface area contributed by atoms with Crippen molar-refractivity contribution >= 4 is 28.7 Å². The number of carbonyl (C=O) groups is 1. The highest BCUT2D eigenvalue weighted by Gasteiger charge is 2.10. The molecule has 0 atom stereocenters. The number of nitro groups is 1.